The number of hydrogen-bond acceptors (Lipinski definition) is 6. The first-order valence-electron chi connectivity index (χ1n) is 7.29. The Labute approximate surface area is 146 Å². The van der Waals surface area contributed by atoms with Crippen LogP contribution in [0.5, 0.6) is 5.88 Å². The van der Waals surface area contributed by atoms with Gasteiger partial charge < -0.3 is 14.7 Å². The average molecular weight is 392 g/mol. The van der Waals surface area contributed by atoms with Gasteiger partial charge in [0.2, 0.25) is 5.88 Å². The standard InChI is InChI=1S/C16H14BrN3O2S/c17-11-1-2-13-12(8-11)10(9-18-13)7-14-15(21)19-16(23-14)20-3-5-22-6-4-20/h1-2,7-9,21H,3-6H2/b10-7-. The van der Waals surface area contributed by atoms with Crippen LogP contribution in [0.15, 0.2) is 27.7 Å². The van der Waals surface area contributed by atoms with Crippen LogP contribution in [0.1, 0.15) is 10.4 Å². The van der Waals surface area contributed by atoms with Gasteiger partial charge in [0.15, 0.2) is 5.13 Å². The maximum atomic E-state index is 10.2. The van der Waals surface area contributed by atoms with Crippen molar-refractivity contribution in [2.45, 2.75) is 0 Å². The molecule has 5 nitrogen and oxygen atoms in total. The summed E-state index contributed by atoms with van der Waals surface area (Å²) in [7, 11) is 0. The van der Waals surface area contributed by atoms with Gasteiger partial charge in [-0.2, -0.15) is 4.98 Å². The molecule has 0 unspecified atom stereocenters. The van der Waals surface area contributed by atoms with E-state index < -0.39 is 0 Å². The van der Waals surface area contributed by atoms with Gasteiger partial charge in [-0.3, -0.25) is 4.99 Å². The Morgan fingerprint density at radius 1 is 1.30 bits per heavy atom. The Hall–Kier alpha value is -1.70. The minimum atomic E-state index is 0.0702. The van der Waals surface area contributed by atoms with Crippen LogP contribution in [-0.2, 0) is 4.74 Å². The third-order valence-corrected chi connectivity index (χ3v) is 5.35. The van der Waals surface area contributed by atoms with E-state index in [2.05, 4.69) is 30.8 Å². The second-order valence-corrected chi connectivity index (χ2v) is 7.23. The summed E-state index contributed by atoms with van der Waals surface area (Å²) >= 11 is 4.98. The highest BCUT2D eigenvalue weighted by Gasteiger charge is 2.19. The summed E-state index contributed by atoms with van der Waals surface area (Å²) in [6.45, 7) is 3.01. The summed E-state index contributed by atoms with van der Waals surface area (Å²) in [6.07, 6.45) is 3.77. The molecule has 23 heavy (non-hydrogen) atoms. The fourth-order valence-electron chi connectivity index (χ4n) is 2.61. The number of thiazole rings is 1. The van der Waals surface area contributed by atoms with E-state index in [1.165, 1.54) is 11.3 Å². The summed E-state index contributed by atoms with van der Waals surface area (Å²) in [6, 6.07) is 5.98. The van der Waals surface area contributed by atoms with Crippen molar-refractivity contribution in [3.05, 3.63) is 33.1 Å². The first-order chi connectivity index (χ1) is 11.2. The van der Waals surface area contributed by atoms with Crippen molar-refractivity contribution in [3.8, 4) is 5.88 Å². The summed E-state index contributed by atoms with van der Waals surface area (Å²) in [5, 5.41) is 11.0. The fourth-order valence-corrected chi connectivity index (χ4v) is 3.94. The average Bonchev–Trinajstić information content (AvgIpc) is 3.13. The number of halogens is 1. The lowest BCUT2D eigenvalue weighted by Gasteiger charge is -2.25. The number of allylic oxidation sites excluding steroid dienone is 1. The first-order valence-corrected chi connectivity index (χ1v) is 8.90. The topological polar surface area (TPSA) is 58.0 Å². The molecule has 0 bridgehead atoms. The molecule has 7 heteroatoms. The van der Waals surface area contributed by atoms with Gasteiger partial charge in [-0.15, -0.1) is 0 Å². The third-order valence-electron chi connectivity index (χ3n) is 3.80. The number of aromatic hydroxyl groups is 1. The van der Waals surface area contributed by atoms with E-state index in [-0.39, 0.29) is 5.88 Å². The van der Waals surface area contributed by atoms with E-state index >= 15 is 0 Å². The number of morpholine rings is 1. The maximum absolute atomic E-state index is 10.2. The summed E-state index contributed by atoms with van der Waals surface area (Å²) in [5.41, 5.74) is 2.98. The van der Waals surface area contributed by atoms with Crippen LogP contribution in [0.3, 0.4) is 0 Å². The van der Waals surface area contributed by atoms with Gasteiger partial charge in [0.25, 0.3) is 0 Å². The van der Waals surface area contributed by atoms with Crippen molar-refractivity contribution in [2.75, 3.05) is 31.2 Å². The number of nitrogens with zero attached hydrogens (tertiary/aromatic N) is 3. The Morgan fingerprint density at radius 2 is 2.13 bits per heavy atom. The summed E-state index contributed by atoms with van der Waals surface area (Å²) < 4.78 is 6.36. The molecule has 0 atom stereocenters. The molecule has 1 aromatic carbocycles. The van der Waals surface area contributed by atoms with Crippen molar-refractivity contribution in [1.82, 2.24) is 4.98 Å². The van der Waals surface area contributed by atoms with Crippen LogP contribution < -0.4 is 4.90 Å². The third kappa shape index (κ3) is 2.91. The number of rotatable bonds is 2. The molecule has 3 heterocycles. The lowest BCUT2D eigenvalue weighted by atomic mass is 10.1. The van der Waals surface area contributed by atoms with Crippen molar-refractivity contribution >= 4 is 55.9 Å². The Kier molecular flexibility index (Phi) is 3.92. The van der Waals surface area contributed by atoms with Crippen molar-refractivity contribution < 1.29 is 9.84 Å². The van der Waals surface area contributed by atoms with E-state index in [4.69, 9.17) is 4.74 Å². The van der Waals surface area contributed by atoms with Gasteiger partial charge in [-0.05, 0) is 24.3 Å². The Balaban J connectivity index is 1.66. The van der Waals surface area contributed by atoms with E-state index in [1.54, 1.807) is 0 Å². The van der Waals surface area contributed by atoms with Crippen LogP contribution in [0.25, 0.3) is 11.6 Å². The van der Waals surface area contributed by atoms with Crippen LogP contribution in [0, 0.1) is 0 Å². The van der Waals surface area contributed by atoms with Gasteiger partial charge in [0.1, 0.15) is 0 Å². The SMILES string of the molecule is Oc1nc(N2CCOCC2)sc1/C=C1/C=Nc2ccc(Br)cc21. The molecule has 1 fully saturated rings. The zero-order chi connectivity index (χ0) is 15.8. The van der Waals surface area contributed by atoms with Gasteiger partial charge in [0, 0.05) is 34.9 Å². The number of fused-ring (bicyclic) bond motifs is 1. The minimum Gasteiger partial charge on any atom is -0.492 e. The molecular formula is C16H14BrN3O2S. The predicted molar refractivity (Wildman–Crippen MR) is 97.0 cm³/mol. The number of aliphatic imine (C=N–C) groups is 1. The largest absolute Gasteiger partial charge is 0.492 e. The molecule has 1 N–H and O–H groups in total. The molecular weight excluding hydrogens is 378 g/mol. The molecule has 0 spiro atoms. The van der Waals surface area contributed by atoms with Crippen molar-refractivity contribution in [3.63, 3.8) is 0 Å². The normalized spacial score (nSPS) is 18.7. The zero-order valence-corrected chi connectivity index (χ0v) is 14.6. The number of anilines is 1. The molecule has 1 saturated heterocycles. The van der Waals surface area contributed by atoms with Crippen LogP contribution in [0.2, 0.25) is 0 Å². The minimum absolute atomic E-state index is 0.0702. The van der Waals surface area contributed by atoms with E-state index in [9.17, 15) is 5.11 Å². The lowest BCUT2D eigenvalue weighted by molar-refractivity contribution is 0.122. The van der Waals surface area contributed by atoms with Gasteiger partial charge in [-0.1, -0.05) is 27.3 Å². The molecule has 1 aromatic heterocycles. The second kappa shape index (κ2) is 6.07. The quantitative estimate of drug-likeness (QED) is 0.847. The summed E-state index contributed by atoms with van der Waals surface area (Å²) in [5.74, 6) is 0.0702. The molecule has 4 rings (SSSR count). The molecule has 2 aliphatic heterocycles. The number of aromatic nitrogens is 1. The van der Waals surface area contributed by atoms with E-state index in [1.807, 2.05) is 30.5 Å². The molecule has 2 aliphatic rings. The fraction of sp³-hybridized carbons (Fsp3) is 0.250. The molecule has 2 aromatic rings. The van der Waals surface area contributed by atoms with Crippen molar-refractivity contribution in [2.24, 2.45) is 4.99 Å². The number of ether oxygens (including phenoxy) is 1. The summed E-state index contributed by atoms with van der Waals surface area (Å²) in [4.78, 5) is 11.6. The Bertz CT molecular complexity index is 810. The number of hydrogen-bond donors (Lipinski definition) is 1. The predicted octanol–water partition coefficient (Wildman–Crippen LogP) is 3.70. The molecule has 0 aliphatic carbocycles. The molecule has 0 amide bonds. The van der Waals surface area contributed by atoms with Crippen LogP contribution >= 0.6 is 27.3 Å². The molecule has 0 saturated carbocycles. The van der Waals surface area contributed by atoms with E-state index in [0.717, 1.165) is 44.4 Å². The zero-order valence-electron chi connectivity index (χ0n) is 12.2. The van der Waals surface area contributed by atoms with Gasteiger partial charge in [0.05, 0.1) is 23.8 Å². The van der Waals surface area contributed by atoms with Gasteiger partial charge in [-0.25, -0.2) is 0 Å². The van der Waals surface area contributed by atoms with Crippen LogP contribution in [0.4, 0.5) is 10.8 Å². The lowest BCUT2D eigenvalue weighted by Crippen LogP contribution is -2.36. The highest BCUT2D eigenvalue weighted by molar-refractivity contribution is 9.10. The van der Waals surface area contributed by atoms with Crippen LogP contribution in [-0.4, -0.2) is 42.6 Å². The molecule has 0 radical (unpaired) electrons. The maximum Gasteiger partial charge on any atom is 0.231 e. The Morgan fingerprint density at radius 3 is 2.96 bits per heavy atom. The van der Waals surface area contributed by atoms with Crippen molar-refractivity contribution in [1.29, 1.82) is 0 Å². The van der Waals surface area contributed by atoms with Gasteiger partial charge >= 0.3 is 0 Å². The number of benzene rings is 1. The molecule has 118 valence electrons. The second-order valence-electron chi connectivity index (χ2n) is 5.30. The monoisotopic (exact) mass is 391 g/mol. The smallest absolute Gasteiger partial charge is 0.231 e. The van der Waals surface area contributed by atoms with E-state index in [0.29, 0.717) is 13.2 Å². The highest BCUT2D eigenvalue weighted by Crippen LogP contribution is 2.38. The first kappa shape index (κ1) is 14.9. The highest BCUT2D eigenvalue weighted by atomic mass is 79.9.